The van der Waals surface area contributed by atoms with Crippen LogP contribution in [0.2, 0.25) is 0 Å². The van der Waals surface area contributed by atoms with Crippen molar-refractivity contribution in [2.24, 2.45) is 5.92 Å². The van der Waals surface area contributed by atoms with E-state index in [9.17, 15) is 0 Å². The molecular weight excluding hydrogens is 222 g/mol. The summed E-state index contributed by atoms with van der Waals surface area (Å²) in [5.74, 6) is 0.874. The highest BCUT2D eigenvalue weighted by Gasteiger charge is 2.19. The van der Waals surface area contributed by atoms with Crippen molar-refractivity contribution in [1.82, 2.24) is 5.32 Å². The van der Waals surface area contributed by atoms with Crippen molar-refractivity contribution in [3.63, 3.8) is 0 Å². The maximum absolute atomic E-state index is 6.01. The van der Waals surface area contributed by atoms with Gasteiger partial charge in [-0.1, -0.05) is 45.4 Å². The smallest absolute Gasteiger partial charge is 0.0594 e. The summed E-state index contributed by atoms with van der Waals surface area (Å²) in [4.78, 5) is 0. The van der Waals surface area contributed by atoms with Crippen molar-refractivity contribution in [3.8, 4) is 0 Å². The maximum atomic E-state index is 6.01. The second-order valence-corrected chi connectivity index (χ2v) is 6.41. The highest BCUT2D eigenvalue weighted by molar-refractivity contribution is 4.72. The van der Waals surface area contributed by atoms with Gasteiger partial charge in [0, 0.05) is 12.6 Å². The van der Waals surface area contributed by atoms with E-state index in [0.717, 1.165) is 25.1 Å². The average Bonchev–Trinajstić information content (AvgIpc) is 2.63. The summed E-state index contributed by atoms with van der Waals surface area (Å²) in [6.45, 7) is 4.32. The molecule has 0 aliphatic heterocycles. The summed E-state index contributed by atoms with van der Waals surface area (Å²) >= 11 is 0. The van der Waals surface area contributed by atoms with Crippen LogP contribution in [0.25, 0.3) is 0 Å². The van der Waals surface area contributed by atoms with Gasteiger partial charge in [-0.25, -0.2) is 0 Å². The Morgan fingerprint density at radius 2 is 1.72 bits per heavy atom. The zero-order valence-electron chi connectivity index (χ0n) is 12.1. The Labute approximate surface area is 113 Å². The third-order valence-corrected chi connectivity index (χ3v) is 4.63. The molecular formula is C16H31NO. The SMILES string of the molecule is CC1CCCC(OCCNC2CCCCCC2)C1. The number of rotatable bonds is 5. The minimum absolute atomic E-state index is 0.546. The van der Waals surface area contributed by atoms with E-state index < -0.39 is 0 Å². The first-order valence-electron chi connectivity index (χ1n) is 8.19. The summed E-state index contributed by atoms with van der Waals surface area (Å²) in [6, 6.07) is 0.765. The molecule has 2 aliphatic rings. The predicted molar refractivity (Wildman–Crippen MR) is 76.9 cm³/mol. The van der Waals surface area contributed by atoms with Crippen LogP contribution >= 0.6 is 0 Å². The highest BCUT2D eigenvalue weighted by Crippen LogP contribution is 2.25. The fourth-order valence-corrected chi connectivity index (χ4v) is 3.50. The normalized spacial score (nSPS) is 31.2. The van der Waals surface area contributed by atoms with Crippen LogP contribution < -0.4 is 5.32 Å². The Bertz CT molecular complexity index is 207. The van der Waals surface area contributed by atoms with Gasteiger partial charge in [0.2, 0.25) is 0 Å². The maximum Gasteiger partial charge on any atom is 0.0594 e. The molecule has 0 heterocycles. The minimum atomic E-state index is 0.546. The van der Waals surface area contributed by atoms with E-state index in [-0.39, 0.29) is 0 Å². The molecule has 2 aliphatic carbocycles. The van der Waals surface area contributed by atoms with Crippen molar-refractivity contribution in [2.75, 3.05) is 13.2 Å². The minimum Gasteiger partial charge on any atom is -0.377 e. The Balaban J connectivity index is 1.52. The molecule has 0 amide bonds. The van der Waals surface area contributed by atoms with E-state index in [1.807, 2.05) is 0 Å². The highest BCUT2D eigenvalue weighted by atomic mass is 16.5. The zero-order chi connectivity index (χ0) is 12.6. The Morgan fingerprint density at radius 1 is 0.944 bits per heavy atom. The van der Waals surface area contributed by atoms with Crippen molar-refractivity contribution < 1.29 is 4.74 Å². The summed E-state index contributed by atoms with van der Waals surface area (Å²) < 4.78 is 6.01. The van der Waals surface area contributed by atoms with Gasteiger partial charge >= 0.3 is 0 Å². The summed E-state index contributed by atoms with van der Waals surface area (Å²) in [6.07, 6.45) is 14.3. The second-order valence-electron chi connectivity index (χ2n) is 6.41. The first-order valence-corrected chi connectivity index (χ1v) is 8.19. The van der Waals surface area contributed by atoms with Gasteiger partial charge in [0.1, 0.15) is 0 Å². The summed E-state index contributed by atoms with van der Waals surface area (Å²) in [7, 11) is 0. The van der Waals surface area contributed by atoms with Crippen LogP contribution in [0.4, 0.5) is 0 Å². The van der Waals surface area contributed by atoms with E-state index in [1.165, 1.54) is 64.2 Å². The molecule has 2 saturated carbocycles. The molecule has 1 N–H and O–H groups in total. The summed E-state index contributed by atoms with van der Waals surface area (Å²) in [5, 5.41) is 3.69. The molecule has 0 bridgehead atoms. The van der Waals surface area contributed by atoms with Gasteiger partial charge in [-0.05, 0) is 31.6 Å². The van der Waals surface area contributed by atoms with Gasteiger partial charge in [-0.3, -0.25) is 0 Å². The standard InChI is InChI=1S/C16H31NO/c1-14-7-6-10-16(13-14)18-12-11-17-15-8-4-2-3-5-9-15/h14-17H,2-13H2,1H3. The van der Waals surface area contributed by atoms with Crippen LogP contribution in [-0.2, 0) is 4.74 Å². The topological polar surface area (TPSA) is 21.3 Å². The first-order chi connectivity index (χ1) is 8.84. The quantitative estimate of drug-likeness (QED) is 0.593. The van der Waals surface area contributed by atoms with E-state index >= 15 is 0 Å². The lowest BCUT2D eigenvalue weighted by atomic mass is 9.89. The third kappa shape index (κ3) is 5.27. The van der Waals surface area contributed by atoms with Crippen LogP contribution in [0, 0.1) is 5.92 Å². The Hall–Kier alpha value is -0.0800. The molecule has 2 unspecified atom stereocenters. The van der Waals surface area contributed by atoms with Crippen molar-refractivity contribution in [2.45, 2.75) is 83.3 Å². The van der Waals surface area contributed by atoms with E-state index in [2.05, 4.69) is 12.2 Å². The third-order valence-electron chi connectivity index (χ3n) is 4.63. The monoisotopic (exact) mass is 253 g/mol. The van der Waals surface area contributed by atoms with Crippen molar-refractivity contribution in [3.05, 3.63) is 0 Å². The molecule has 0 spiro atoms. The van der Waals surface area contributed by atoms with Gasteiger partial charge in [0.05, 0.1) is 12.7 Å². The molecule has 2 rings (SSSR count). The van der Waals surface area contributed by atoms with Crippen LogP contribution in [0.15, 0.2) is 0 Å². The number of hydrogen-bond donors (Lipinski definition) is 1. The number of hydrogen-bond acceptors (Lipinski definition) is 2. The summed E-state index contributed by atoms with van der Waals surface area (Å²) in [5.41, 5.74) is 0. The molecule has 106 valence electrons. The molecule has 2 atom stereocenters. The first kappa shape index (κ1) is 14.3. The van der Waals surface area contributed by atoms with Gasteiger partial charge in [0.25, 0.3) is 0 Å². The average molecular weight is 253 g/mol. The number of nitrogens with one attached hydrogen (secondary N) is 1. The molecule has 0 aromatic carbocycles. The van der Waals surface area contributed by atoms with Crippen LogP contribution in [0.3, 0.4) is 0 Å². The van der Waals surface area contributed by atoms with Crippen molar-refractivity contribution >= 4 is 0 Å². The lowest BCUT2D eigenvalue weighted by Crippen LogP contribution is -2.33. The van der Waals surface area contributed by atoms with E-state index in [4.69, 9.17) is 4.74 Å². The van der Waals surface area contributed by atoms with Gasteiger partial charge in [-0.2, -0.15) is 0 Å². The van der Waals surface area contributed by atoms with Crippen LogP contribution in [0.1, 0.15) is 71.1 Å². The lowest BCUT2D eigenvalue weighted by Gasteiger charge is -2.27. The predicted octanol–water partition coefficient (Wildman–Crippen LogP) is 3.89. The van der Waals surface area contributed by atoms with Crippen molar-refractivity contribution in [1.29, 1.82) is 0 Å². The Morgan fingerprint density at radius 3 is 2.44 bits per heavy atom. The van der Waals surface area contributed by atoms with Gasteiger partial charge in [0.15, 0.2) is 0 Å². The zero-order valence-corrected chi connectivity index (χ0v) is 12.1. The fourth-order valence-electron chi connectivity index (χ4n) is 3.50. The molecule has 0 radical (unpaired) electrons. The molecule has 0 saturated heterocycles. The van der Waals surface area contributed by atoms with Gasteiger partial charge < -0.3 is 10.1 Å². The van der Waals surface area contributed by atoms with E-state index in [1.54, 1.807) is 0 Å². The van der Waals surface area contributed by atoms with Gasteiger partial charge in [-0.15, -0.1) is 0 Å². The molecule has 0 aromatic heterocycles. The molecule has 0 aromatic rings. The molecule has 18 heavy (non-hydrogen) atoms. The fraction of sp³-hybridized carbons (Fsp3) is 1.00. The lowest BCUT2D eigenvalue weighted by molar-refractivity contribution is 0.0164. The van der Waals surface area contributed by atoms with E-state index in [0.29, 0.717) is 6.10 Å². The molecule has 2 heteroatoms. The molecule has 2 fully saturated rings. The van der Waals surface area contributed by atoms with Crippen LogP contribution in [0.5, 0.6) is 0 Å². The Kier molecular flexibility index (Phi) is 6.50. The largest absolute Gasteiger partial charge is 0.377 e. The van der Waals surface area contributed by atoms with Crippen LogP contribution in [-0.4, -0.2) is 25.3 Å². The second kappa shape index (κ2) is 8.16. The molecule has 2 nitrogen and oxygen atoms in total. The number of ether oxygens (including phenoxy) is 1.